The quantitative estimate of drug-likeness (QED) is 0.450. The van der Waals surface area contributed by atoms with Crippen molar-refractivity contribution < 1.29 is 24.3 Å². The van der Waals surface area contributed by atoms with Crippen molar-refractivity contribution in [2.45, 2.75) is 31.8 Å². The minimum atomic E-state index is -1.28. The van der Waals surface area contributed by atoms with Crippen LogP contribution < -0.4 is 16.4 Å². The summed E-state index contributed by atoms with van der Waals surface area (Å²) in [6.07, 6.45) is -0.280. The van der Waals surface area contributed by atoms with Crippen molar-refractivity contribution in [3.8, 4) is 0 Å². The molecule has 0 bridgehead atoms. The Morgan fingerprint density at radius 3 is 2.15 bits per heavy atom. The van der Waals surface area contributed by atoms with Crippen LogP contribution in [0.2, 0.25) is 0 Å². The molecule has 0 aliphatic carbocycles. The molecule has 0 heterocycles. The lowest BCUT2D eigenvalue weighted by atomic mass is 10.1. The van der Waals surface area contributed by atoms with Gasteiger partial charge in [0.25, 0.3) is 0 Å². The summed E-state index contributed by atoms with van der Waals surface area (Å²) in [5, 5.41) is 13.4. The summed E-state index contributed by atoms with van der Waals surface area (Å²) in [5.74, 6) is -2.27. The molecule has 9 nitrogen and oxygen atoms in total. The first-order valence-corrected chi connectivity index (χ1v) is 5.94. The van der Waals surface area contributed by atoms with Crippen molar-refractivity contribution in [2.75, 3.05) is 14.1 Å². The highest BCUT2D eigenvalue weighted by atomic mass is 16.4. The second-order valence-electron chi connectivity index (χ2n) is 4.47. The Kier molecular flexibility index (Phi) is 7.05. The van der Waals surface area contributed by atoms with E-state index in [0.717, 1.165) is 0 Å². The molecule has 2 atom stereocenters. The summed E-state index contributed by atoms with van der Waals surface area (Å²) in [7, 11) is 3.07. The first kappa shape index (κ1) is 17.7. The summed E-state index contributed by atoms with van der Waals surface area (Å²) < 4.78 is 0. The van der Waals surface area contributed by atoms with Gasteiger partial charge in [0.05, 0.1) is 0 Å². The lowest BCUT2D eigenvalue weighted by Crippen LogP contribution is -2.52. The van der Waals surface area contributed by atoms with Crippen molar-refractivity contribution in [3.63, 3.8) is 0 Å². The maximum atomic E-state index is 11.6. The van der Waals surface area contributed by atoms with Gasteiger partial charge in [-0.25, -0.2) is 9.59 Å². The molecule has 0 aromatic heterocycles. The number of nitrogens with one attached hydrogen (secondary N) is 2. The van der Waals surface area contributed by atoms with Gasteiger partial charge in [-0.15, -0.1) is 0 Å². The van der Waals surface area contributed by atoms with E-state index in [0.29, 0.717) is 0 Å². The molecule has 9 heteroatoms. The summed E-state index contributed by atoms with van der Waals surface area (Å²) >= 11 is 0. The number of carboxylic acids is 1. The molecule has 0 fully saturated rings. The highest BCUT2D eigenvalue weighted by Crippen LogP contribution is 1.98. The van der Waals surface area contributed by atoms with Crippen molar-refractivity contribution in [3.05, 3.63) is 0 Å². The van der Waals surface area contributed by atoms with Crippen molar-refractivity contribution in [1.29, 1.82) is 0 Å². The second-order valence-corrected chi connectivity index (χ2v) is 4.47. The van der Waals surface area contributed by atoms with Crippen LogP contribution in [0, 0.1) is 0 Å². The zero-order valence-corrected chi connectivity index (χ0v) is 11.7. The molecule has 0 radical (unpaired) electrons. The number of carbonyl (C=O) groups excluding carboxylic acids is 3. The Bertz CT molecular complexity index is 396. The molecule has 0 aromatic carbocycles. The number of likely N-dealkylation sites (N-methyl/N-ethyl adjacent to an activating group) is 1. The van der Waals surface area contributed by atoms with Crippen LogP contribution in [-0.4, -0.2) is 60.0 Å². The van der Waals surface area contributed by atoms with Gasteiger partial charge in [-0.1, -0.05) is 0 Å². The molecular weight excluding hydrogens is 268 g/mol. The predicted octanol–water partition coefficient (Wildman–Crippen LogP) is -1.52. The van der Waals surface area contributed by atoms with Crippen LogP contribution in [0.4, 0.5) is 4.79 Å². The molecule has 4 amide bonds. The lowest BCUT2D eigenvalue weighted by Gasteiger charge is -2.20. The van der Waals surface area contributed by atoms with Gasteiger partial charge in [0.2, 0.25) is 11.8 Å². The van der Waals surface area contributed by atoms with E-state index in [1.807, 2.05) is 0 Å². The first-order valence-electron chi connectivity index (χ1n) is 5.94. The third-order valence-corrected chi connectivity index (χ3v) is 2.44. The van der Waals surface area contributed by atoms with Crippen LogP contribution in [0.15, 0.2) is 0 Å². The van der Waals surface area contributed by atoms with E-state index in [2.05, 4.69) is 10.6 Å². The second kappa shape index (κ2) is 7.97. The zero-order valence-electron chi connectivity index (χ0n) is 11.7. The van der Waals surface area contributed by atoms with Crippen LogP contribution in [-0.2, 0) is 14.4 Å². The third kappa shape index (κ3) is 6.57. The average Bonchev–Trinajstić information content (AvgIpc) is 2.32. The van der Waals surface area contributed by atoms with Gasteiger partial charge in [0, 0.05) is 20.5 Å². The van der Waals surface area contributed by atoms with E-state index in [1.54, 1.807) is 0 Å². The molecule has 0 aliphatic heterocycles. The predicted molar refractivity (Wildman–Crippen MR) is 69.7 cm³/mol. The van der Waals surface area contributed by atoms with Crippen LogP contribution in [0.25, 0.3) is 0 Å². The summed E-state index contributed by atoms with van der Waals surface area (Å²) in [6, 6.07) is -2.84. The van der Waals surface area contributed by atoms with Gasteiger partial charge in [0.1, 0.15) is 12.1 Å². The van der Waals surface area contributed by atoms with Crippen LogP contribution >= 0.6 is 0 Å². The number of carbonyl (C=O) groups is 4. The highest BCUT2D eigenvalue weighted by molar-refractivity contribution is 5.88. The summed E-state index contributed by atoms with van der Waals surface area (Å²) in [5.41, 5.74) is 4.92. The summed E-state index contributed by atoms with van der Waals surface area (Å²) in [6.45, 7) is 1.47. The normalized spacial score (nSPS) is 12.9. The lowest BCUT2D eigenvalue weighted by molar-refractivity contribution is -0.139. The van der Waals surface area contributed by atoms with Crippen molar-refractivity contribution in [2.24, 2.45) is 5.73 Å². The minimum Gasteiger partial charge on any atom is -0.480 e. The Labute approximate surface area is 116 Å². The van der Waals surface area contributed by atoms with Crippen molar-refractivity contribution in [1.82, 2.24) is 15.5 Å². The number of carboxylic acid groups (broad SMARTS) is 1. The molecule has 5 N–H and O–H groups in total. The van der Waals surface area contributed by atoms with E-state index in [-0.39, 0.29) is 18.7 Å². The number of primary amides is 1. The van der Waals surface area contributed by atoms with Gasteiger partial charge >= 0.3 is 12.0 Å². The van der Waals surface area contributed by atoms with Crippen molar-refractivity contribution >= 4 is 23.8 Å². The number of hydrogen-bond donors (Lipinski definition) is 4. The van der Waals surface area contributed by atoms with Crippen LogP contribution in [0.3, 0.4) is 0 Å². The number of amides is 4. The first-order chi connectivity index (χ1) is 9.15. The molecule has 0 spiro atoms. The Morgan fingerprint density at radius 1 is 1.20 bits per heavy atom. The molecule has 2 unspecified atom stereocenters. The highest BCUT2D eigenvalue weighted by Gasteiger charge is 2.23. The van der Waals surface area contributed by atoms with Gasteiger partial charge in [-0.05, 0) is 13.3 Å². The number of rotatable bonds is 7. The number of nitrogens with zero attached hydrogens (tertiary/aromatic N) is 1. The zero-order chi connectivity index (χ0) is 15.9. The van der Waals surface area contributed by atoms with Crippen LogP contribution in [0.5, 0.6) is 0 Å². The maximum absolute atomic E-state index is 11.6. The maximum Gasteiger partial charge on any atom is 0.326 e. The van der Waals surface area contributed by atoms with E-state index < -0.39 is 30.0 Å². The Morgan fingerprint density at radius 2 is 1.75 bits per heavy atom. The number of urea groups is 1. The van der Waals surface area contributed by atoms with E-state index >= 15 is 0 Å². The fourth-order valence-electron chi connectivity index (χ4n) is 1.39. The van der Waals surface area contributed by atoms with E-state index in [4.69, 9.17) is 10.8 Å². The van der Waals surface area contributed by atoms with Gasteiger partial charge in [-0.3, -0.25) is 9.59 Å². The average molecular weight is 288 g/mol. The summed E-state index contributed by atoms with van der Waals surface area (Å²) in [4.78, 5) is 45.9. The molecular formula is C11H20N4O5. The molecule has 0 aromatic rings. The van der Waals surface area contributed by atoms with Gasteiger partial charge in [-0.2, -0.15) is 0 Å². The van der Waals surface area contributed by atoms with Gasteiger partial charge in [0.15, 0.2) is 0 Å². The number of nitrogens with two attached hydrogens (primary N) is 1. The molecule has 20 heavy (non-hydrogen) atoms. The molecule has 0 aliphatic rings. The molecule has 114 valence electrons. The molecule has 0 saturated carbocycles. The van der Waals surface area contributed by atoms with Gasteiger partial charge < -0.3 is 26.4 Å². The molecule has 0 saturated heterocycles. The van der Waals surface area contributed by atoms with Crippen LogP contribution in [0.1, 0.15) is 19.8 Å². The minimum absolute atomic E-state index is 0.117. The fourth-order valence-corrected chi connectivity index (χ4v) is 1.39. The van der Waals surface area contributed by atoms with E-state index in [9.17, 15) is 19.2 Å². The van der Waals surface area contributed by atoms with E-state index in [1.165, 1.54) is 25.9 Å². The Balaban J connectivity index is 4.43. The smallest absolute Gasteiger partial charge is 0.326 e. The number of aliphatic carboxylic acids is 1. The third-order valence-electron chi connectivity index (χ3n) is 2.44. The fraction of sp³-hybridized carbons (Fsp3) is 0.636. The standard InChI is InChI=1S/C11H20N4O5/c1-6(9(17)15(2)3)13-11(20)14-7(10(18)19)4-5-8(12)16/h6-7H,4-5H2,1-3H3,(H2,12,16)(H,18,19)(H2,13,14,20). The topological polar surface area (TPSA) is 142 Å². The SMILES string of the molecule is CC(NC(=O)NC(CCC(N)=O)C(=O)O)C(=O)N(C)C. The monoisotopic (exact) mass is 288 g/mol. The number of hydrogen-bond acceptors (Lipinski definition) is 4. The Hall–Kier alpha value is -2.32. The molecule has 0 rings (SSSR count). The largest absolute Gasteiger partial charge is 0.480 e.